The number of amides is 3. The molecule has 0 spiro atoms. The number of carbonyl (C=O) groups excluding carboxylic acids is 3. The topological polar surface area (TPSA) is 101 Å². The second-order valence-corrected chi connectivity index (χ2v) is 5.33. The van der Waals surface area contributed by atoms with E-state index in [0.717, 1.165) is 10.7 Å². The Bertz CT molecular complexity index is 772. The summed E-state index contributed by atoms with van der Waals surface area (Å²) < 4.78 is 10.3. The van der Waals surface area contributed by atoms with Crippen LogP contribution in [0.15, 0.2) is 47.1 Å². The number of carbonyl (C=O) groups is 3. The van der Waals surface area contributed by atoms with Gasteiger partial charge in [-0.25, -0.2) is 9.59 Å². The van der Waals surface area contributed by atoms with Crippen molar-refractivity contribution in [2.24, 2.45) is 0 Å². The molecule has 0 unspecified atom stereocenters. The van der Waals surface area contributed by atoms with Crippen molar-refractivity contribution in [3.8, 4) is 0 Å². The lowest BCUT2D eigenvalue weighted by Crippen LogP contribution is -2.37. The molecule has 1 aliphatic heterocycles. The molecule has 130 valence electrons. The van der Waals surface area contributed by atoms with Crippen molar-refractivity contribution in [1.82, 2.24) is 10.2 Å². The summed E-state index contributed by atoms with van der Waals surface area (Å²) in [7, 11) is 0. The van der Waals surface area contributed by atoms with E-state index in [9.17, 15) is 14.4 Å². The Morgan fingerprint density at radius 1 is 1.24 bits per heavy atom. The van der Waals surface area contributed by atoms with E-state index in [1.54, 1.807) is 36.6 Å². The molecule has 0 atom stereocenters. The molecule has 2 heterocycles. The van der Waals surface area contributed by atoms with Gasteiger partial charge in [0.1, 0.15) is 5.76 Å². The molecule has 8 nitrogen and oxygen atoms in total. The highest BCUT2D eigenvalue weighted by Gasteiger charge is 2.27. The van der Waals surface area contributed by atoms with Gasteiger partial charge in [-0.2, -0.15) is 0 Å². The fourth-order valence-corrected chi connectivity index (χ4v) is 2.40. The molecule has 0 radical (unpaired) electrons. The summed E-state index contributed by atoms with van der Waals surface area (Å²) in [5, 5.41) is 5.61. The van der Waals surface area contributed by atoms with Gasteiger partial charge in [0.05, 0.1) is 18.4 Å². The van der Waals surface area contributed by atoms with Crippen molar-refractivity contribution in [1.29, 1.82) is 0 Å². The van der Waals surface area contributed by atoms with E-state index in [1.165, 1.54) is 0 Å². The van der Waals surface area contributed by atoms with E-state index in [1.807, 2.05) is 6.07 Å². The van der Waals surface area contributed by atoms with Crippen LogP contribution in [0.2, 0.25) is 0 Å². The number of para-hydroxylation sites is 1. The van der Waals surface area contributed by atoms with Crippen molar-refractivity contribution in [2.45, 2.75) is 6.54 Å². The van der Waals surface area contributed by atoms with Gasteiger partial charge in [-0.3, -0.25) is 9.69 Å². The van der Waals surface area contributed by atoms with Crippen LogP contribution in [-0.2, 0) is 16.1 Å². The minimum atomic E-state index is -0.643. The summed E-state index contributed by atoms with van der Waals surface area (Å²) >= 11 is 0. The molecule has 0 bridgehead atoms. The Kier molecular flexibility index (Phi) is 4.98. The van der Waals surface area contributed by atoms with Crippen molar-refractivity contribution in [2.75, 3.05) is 25.0 Å². The third-order valence-electron chi connectivity index (χ3n) is 3.66. The second kappa shape index (κ2) is 7.52. The fraction of sp³-hybridized carbons (Fsp3) is 0.235. The SMILES string of the molecule is O=C(OCC(=O)N1CCNC1=O)c1ccccc1NCc1ccco1. The number of hydrogen-bond acceptors (Lipinski definition) is 6. The van der Waals surface area contributed by atoms with Crippen LogP contribution in [0.25, 0.3) is 0 Å². The standard InChI is InChI=1S/C17H17N3O5/c21-15(20-8-7-18-17(20)23)11-25-16(22)13-5-1-2-6-14(13)19-10-12-4-3-9-24-12/h1-6,9,19H,7-8,10-11H2,(H,18,23). The molecule has 1 saturated heterocycles. The van der Waals surface area contributed by atoms with Gasteiger partial charge in [-0.1, -0.05) is 12.1 Å². The molecular formula is C17H17N3O5. The number of hydrogen-bond donors (Lipinski definition) is 2. The van der Waals surface area contributed by atoms with Crippen LogP contribution in [0.5, 0.6) is 0 Å². The highest BCUT2D eigenvalue weighted by molar-refractivity contribution is 5.99. The summed E-state index contributed by atoms with van der Waals surface area (Å²) in [5.74, 6) is -0.474. The Balaban J connectivity index is 1.59. The molecule has 3 amide bonds. The van der Waals surface area contributed by atoms with Gasteiger partial charge < -0.3 is 19.8 Å². The number of nitrogens with one attached hydrogen (secondary N) is 2. The Labute approximate surface area is 143 Å². The number of rotatable bonds is 6. The van der Waals surface area contributed by atoms with Gasteiger partial charge in [-0.05, 0) is 24.3 Å². The Hall–Kier alpha value is -3.29. The lowest BCUT2D eigenvalue weighted by molar-refractivity contribution is -0.130. The van der Waals surface area contributed by atoms with Gasteiger partial charge in [0, 0.05) is 18.8 Å². The Morgan fingerprint density at radius 2 is 2.08 bits per heavy atom. The van der Waals surface area contributed by atoms with E-state index in [-0.39, 0.29) is 6.54 Å². The molecule has 2 aromatic rings. The summed E-state index contributed by atoms with van der Waals surface area (Å²) in [4.78, 5) is 36.6. The number of urea groups is 1. The zero-order valence-electron chi connectivity index (χ0n) is 13.4. The minimum absolute atomic E-state index is 0.274. The van der Waals surface area contributed by atoms with Crippen molar-refractivity contribution in [3.63, 3.8) is 0 Å². The lowest BCUT2D eigenvalue weighted by Gasteiger charge is -2.13. The summed E-state index contributed by atoms with van der Waals surface area (Å²) in [6.45, 7) is 0.595. The third kappa shape index (κ3) is 3.97. The molecule has 25 heavy (non-hydrogen) atoms. The minimum Gasteiger partial charge on any atom is -0.467 e. The maximum Gasteiger partial charge on any atom is 0.340 e. The molecule has 0 aliphatic carbocycles. The average molecular weight is 343 g/mol. The quantitative estimate of drug-likeness (QED) is 0.773. The number of benzene rings is 1. The number of ether oxygens (including phenoxy) is 1. The van der Waals surface area contributed by atoms with E-state index in [0.29, 0.717) is 24.3 Å². The van der Waals surface area contributed by atoms with Crippen LogP contribution < -0.4 is 10.6 Å². The van der Waals surface area contributed by atoms with Crippen molar-refractivity contribution >= 4 is 23.6 Å². The monoisotopic (exact) mass is 343 g/mol. The number of imide groups is 1. The van der Waals surface area contributed by atoms with E-state index in [2.05, 4.69) is 10.6 Å². The summed E-state index contributed by atoms with van der Waals surface area (Å²) in [5.41, 5.74) is 0.864. The number of nitrogens with zero attached hydrogens (tertiary/aromatic N) is 1. The second-order valence-electron chi connectivity index (χ2n) is 5.33. The zero-order valence-corrected chi connectivity index (χ0v) is 13.4. The first-order valence-electron chi connectivity index (χ1n) is 7.76. The molecule has 1 aromatic carbocycles. The van der Waals surface area contributed by atoms with Crippen LogP contribution >= 0.6 is 0 Å². The zero-order chi connectivity index (χ0) is 17.6. The molecular weight excluding hydrogens is 326 g/mol. The third-order valence-corrected chi connectivity index (χ3v) is 3.66. The van der Waals surface area contributed by atoms with Crippen LogP contribution in [0, 0.1) is 0 Å². The number of anilines is 1. The maximum atomic E-state index is 12.3. The molecule has 1 aromatic heterocycles. The van der Waals surface area contributed by atoms with Crippen LogP contribution in [0.4, 0.5) is 10.5 Å². The molecule has 0 saturated carbocycles. The normalized spacial score (nSPS) is 13.4. The highest BCUT2D eigenvalue weighted by atomic mass is 16.5. The predicted molar refractivity (Wildman–Crippen MR) is 87.9 cm³/mol. The van der Waals surface area contributed by atoms with Gasteiger partial charge in [0.25, 0.3) is 5.91 Å². The van der Waals surface area contributed by atoms with Crippen molar-refractivity contribution < 1.29 is 23.5 Å². The number of esters is 1. The molecule has 1 aliphatic rings. The maximum absolute atomic E-state index is 12.3. The van der Waals surface area contributed by atoms with Crippen LogP contribution in [-0.4, -0.2) is 42.5 Å². The van der Waals surface area contributed by atoms with Gasteiger partial charge >= 0.3 is 12.0 Å². The largest absolute Gasteiger partial charge is 0.467 e. The van der Waals surface area contributed by atoms with Crippen molar-refractivity contribution in [3.05, 3.63) is 54.0 Å². The van der Waals surface area contributed by atoms with Gasteiger partial charge in [0.2, 0.25) is 0 Å². The number of furan rings is 1. The van der Waals surface area contributed by atoms with E-state index in [4.69, 9.17) is 9.15 Å². The molecule has 8 heteroatoms. The van der Waals surface area contributed by atoms with Gasteiger partial charge in [0.15, 0.2) is 6.61 Å². The first-order valence-corrected chi connectivity index (χ1v) is 7.76. The molecule has 2 N–H and O–H groups in total. The lowest BCUT2D eigenvalue weighted by atomic mass is 10.2. The summed E-state index contributed by atoms with van der Waals surface area (Å²) in [6, 6.07) is 9.92. The first kappa shape index (κ1) is 16.6. The molecule has 1 fully saturated rings. The summed E-state index contributed by atoms with van der Waals surface area (Å²) in [6.07, 6.45) is 1.57. The van der Waals surface area contributed by atoms with E-state index < -0.39 is 24.5 Å². The predicted octanol–water partition coefficient (Wildman–Crippen LogP) is 1.60. The first-order chi connectivity index (χ1) is 12.1. The van der Waals surface area contributed by atoms with Gasteiger partial charge in [-0.15, -0.1) is 0 Å². The van der Waals surface area contributed by atoms with Crippen LogP contribution in [0.3, 0.4) is 0 Å². The van der Waals surface area contributed by atoms with E-state index >= 15 is 0 Å². The average Bonchev–Trinajstić information content (AvgIpc) is 3.29. The van der Waals surface area contributed by atoms with Crippen LogP contribution in [0.1, 0.15) is 16.1 Å². The Morgan fingerprint density at radius 3 is 2.80 bits per heavy atom. The fourth-order valence-electron chi connectivity index (χ4n) is 2.40. The highest BCUT2D eigenvalue weighted by Crippen LogP contribution is 2.17. The smallest absolute Gasteiger partial charge is 0.340 e. The molecule has 3 rings (SSSR count).